The van der Waals surface area contributed by atoms with Crippen LogP contribution >= 0.6 is 11.8 Å². The summed E-state index contributed by atoms with van der Waals surface area (Å²) in [6, 6.07) is 10.1. The van der Waals surface area contributed by atoms with Gasteiger partial charge in [-0.2, -0.15) is 11.8 Å². The van der Waals surface area contributed by atoms with Crippen LogP contribution in [0.2, 0.25) is 0 Å². The first-order valence-electron chi connectivity index (χ1n) is 7.46. The summed E-state index contributed by atoms with van der Waals surface area (Å²) in [7, 11) is 0. The van der Waals surface area contributed by atoms with Crippen LogP contribution in [0.5, 0.6) is 0 Å². The second-order valence-electron chi connectivity index (χ2n) is 4.94. The number of thioether (sulfide) groups is 1. The number of nitro benzene ring substituents is 1. The molecular formula is C16H20N4O3S. The molecule has 0 radical (unpaired) electrons. The Morgan fingerprint density at radius 3 is 2.71 bits per heavy atom. The molecule has 0 aliphatic carbocycles. The van der Waals surface area contributed by atoms with Gasteiger partial charge in [0.2, 0.25) is 0 Å². The van der Waals surface area contributed by atoms with Crippen molar-refractivity contribution in [3.05, 3.63) is 64.1 Å². The molecule has 2 aromatic rings. The van der Waals surface area contributed by atoms with E-state index in [9.17, 15) is 10.1 Å². The second-order valence-corrected chi connectivity index (χ2v) is 5.93. The Kier molecular flexibility index (Phi) is 7.16. The summed E-state index contributed by atoms with van der Waals surface area (Å²) >= 11 is 1.75. The van der Waals surface area contributed by atoms with E-state index >= 15 is 0 Å². The Labute approximate surface area is 144 Å². The molecule has 0 saturated heterocycles. The van der Waals surface area contributed by atoms with E-state index in [4.69, 9.17) is 4.42 Å². The molecule has 0 fully saturated rings. The number of aliphatic imine (C=N–C) groups is 1. The van der Waals surface area contributed by atoms with Crippen LogP contribution in [-0.4, -0.2) is 29.4 Å². The fraction of sp³-hybridized carbons (Fsp3) is 0.312. The number of hydrogen-bond donors (Lipinski definition) is 2. The monoisotopic (exact) mass is 348 g/mol. The number of rotatable bonds is 8. The summed E-state index contributed by atoms with van der Waals surface area (Å²) in [6.07, 6.45) is 3.68. The van der Waals surface area contributed by atoms with Crippen molar-refractivity contribution >= 4 is 23.4 Å². The molecule has 24 heavy (non-hydrogen) atoms. The summed E-state index contributed by atoms with van der Waals surface area (Å²) in [5.74, 6) is 2.47. The van der Waals surface area contributed by atoms with Gasteiger partial charge in [-0.3, -0.25) is 10.1 Å². The highest BCUT2D eigenvalue weighted by atomic mass is 32.2. The Morgan fingerprint density at radius 1 is 1.29 bits per heavy atom. The molecule has 1 aromatic heterocycles. The quantitative estimate of drug-likeness (QED) is 0.250. The molecule has 1 aromatic carbocycles. The topological polar surface area (TPSA) is 92.7 Å². The number of guanidine groups is 1. The zero-order valence-electron chi connectivity index (χ0n) is 13.4. The Morgan fingerprint density at radius 2 is 2.08 bits per heavy atom. The molecule has 128 valence electrons. The summed E-state index contributed by atoms with van der Waals surface area (Å²) in [5, 5.41) is 17.1. The van der Waals surface area contributed by atoms with Crippen LogP contribution in [0.15, 0.2) is 52.1 Å². The highest BCUT2D eigenvalue weighted by Crippen LogP contribution is 2.12. The maximum Gasteiger partial charge on any atom is 0.269 e. The van der Waals surface area contributed by atoms with Crippen LogP contribution in [-0.2, 0) is 13.1 Å². The van der Waals surface area contributed by atoms with Crippen LogP contribution in [0.1, 0.15) is 11.3 Å². The molecule has 2 rings (SSSR count). The minimum Gasteiger partial charge on any atom is -0.467 e. The first-order valence-corrected chi connectivity index (χ1v) is 8.85. The van der Waals surface area contributed by atoms with E-state index in [1.54, 1.807) is 30.2 Å². The molecule has 0 aliphatic rings. The van der Waals surface area contributed by atoms with Gasteiger partial charge < -0.3 is 15.1 Å². The van der Waals surface area contributed by atoms with Gasteiger partial charge in [0.15, 0.2) is 5.96 Å². The standard InChI is InChI=1S/C16H20N4O3S/c1-24-10-8-17-16(19-12-15-3-2-9-23-15)18-11-13-4-6-14(7-5-13)20(21)22/h2-7,9H,8,10-12H2,1H3,(H2,17,18,19). The number of furan rings is 1. The van der Waals surface area contributed by atoms with Gasteiger partial charge in [0.25, 0.3) is 5.69 Å². The predicted molar refractivity (Wildman–Crippen MR) is 96.2 cm³/mol. The lowest BCUT2D eigenvalue weighted by atomic mass is 10.2. The molecule has 1 heterocycles. The van der Waals surface area contributed by atoms with Crippen LogP contribution in [0.3, 0.4) is 0 Å². The predicted octanol–water partition coefficient (Wildman–Crippen LogP) is 2.79. The Balaban J connectivity index is 1.95. The van der Waals surface area contributed by atoms with Crippen LogP contribution in [0.4, 0.5) is 5.69 Å². The SMILES string of the molecule is CSCCNC(=NCc1ccc([N+](=O)[O-])cc1)NCc1ccco1. The largest absolute Gasteiger partial charge is 0.467 e. The number of nitrogens with one attached hydrogen (secondary N) is 2. The van der Waals surface area contributed by atoms with Crippen molar-refractivity contribution in [2.45, 2.75) is 13.1 Å². The van der Waals surface area contributed by atoms with Crippen molar-refractivity contribution in [2.75, 3.05) is 18.6 Å². The van der Waals surface area contributed by atoms with E-state index in [0.29, 0.717) is 19.0 Å². The average Bonchev–Trinajstić information content (AvgIpc) is 3.11. The summed E-state index contributed by atoms with van der Waals surface area (Å²) < 4.78 is 5.29. The molecule has 2 N–H and O–H groups in total. The van der Waals surface area contributed by atoms with E-state index in [1.807, 2.05) is 18.4 Å². The lowest BCUT2D eigenvalue weighted by molar-refractivity contribution is -0.384. The van der Waals surface area contributed by atoms with Gasteiger partial charge in [-0.05, 0) is 24.0 Å². The van der Waals surface area contributed by atoms with Crippen molar-refractivity contribution in [1.29, 1.82) is 0 Å². The maximum atomic E-state index is 10.7. The molecular weight excluding hydrogens is 328 g/mol. The van der Waals surface area contributed by atoms with Crippen LogP contribution in [0, 0.1) is 10.1 Å². The van der Waals surface area contributed by atoms with Gasteiger partial charge in [-0.25, -0.2) is 4.99 Å². The molecule has 0 saturated carbocycles. The van der Waals surface area contributed by atoms with Crippen molar-refractivity contribution in [3.63, 3.8) is 0 Å². The van der Waals surface area contributed by atoms with E-state index in [-0.39, 0.29) is 5.69 Å². The highest BCUT2D eigenvalue weighted by molar-refractivity contribution is 7.98. The van der Waals surface area contributed by atoms with Gasteiger partial charge in [0, 0.05) is 24.4 Å². The Bertz CT molecular complexity index is 656. The lowest BCUT2D eigenvalue weighted by Gasteiger charge is -2.11. The third kappa shape index (κ3) is 5.96. The average molecular weight is 348 g/mol. The first kappa shape index (κ1) is 17.9. The second kappa shape index (κ2) is 9.61. The maximum absolute atomic E-state index is 10.7. The van der Waals surface area contributed by atoms with E-state index in [1.165, 1.54) is 12.1 Å². The van der Waals surface area contributed by atoms with Crippen molar-refractivity contribution in [3.8, 4) is 0 Å². The highest BCUT2D eigenvalue weighted by Gasteiger charge is 2.04. The number of hydrogen-bond acceptors (Lipinski definition) is 5. The van der Waals surface area contributed by atoms with E-state index in [2.05, 4.69) is 15.6 Å². The number of nitrogens with zero attached hydrogens (tertiary/aromatic N) is 2. The minimum absolute atomic E-state index is 0.0805. The zero-order chi connectivity index (χ0) is 17.2. The fourth-order valence-electron chi connectivity index (χ4n) is 1.92. The third-order valence-corrected chi connectivity index (χ3v) is 3.79. The first-order chi connectivity index (χ1) is 11.7. The molecule has 0 spiro atoms. The molecule has 8 heteroatoms. The summed E-state index contributed by atoms with van der Waals surface area (Å²) in [5.41, 5.74) is 0.988. The Hall–Kier alpha value is -2.48. The summed E-state index contributed by atoms with van der Waals surface area (Å²) in [6.45, 7) is 1.77. The number of nitro groups is 1. The molecule has 0 amide bonds. The van der Waals surface area contributed by atoms with E-state index in [0.717, 1.165) is 23.6 Å². The van der Waals surface area contributed by atoms with Crippen LogP contribution in [0.25, 0.3) is 0 Å². The van der Waals surface area contributed by atoms with Crippen LogP contribution < -0.4 is 10.6 Å². The third-order valence-electron chi connectivity index (χ3n) is 3.18. The normalized spacial score (nSPS) is 11.3. The van der Waals surface area contributed by atoms with Gasteiger partial charge in [-0.15, -0.1) is 0 Å². The lowest BCUT2D eigenvalue weighted by Crippen LogP contribution is -2.38. The van der Waals surface area contributed by atoms with Gasteiger partial charge in [0.1, 0.15) is 5.76 Å². The summed E-state index contributed by atoms with van der Waals surface area (Å²) in [4.78, 5) is 14.8. The molecule has 0 bridgehead atoms. The van der Waals surface area contributed by atoms with Crippen molar-refractivity contribution < 1.29 is 9.34 Å². The number of non-ortho nitro benzene ring substituents is 1. The minimum atomic E-state index is -0.409. The van der Waals surface area contributed by atoms with Gasteiger partial charge >= 0.3 is 0 Å². The van der Waals surface area contributed by atoms with Crippen molar-refractivity contribution in [2.24, 2.45) is 4.99 Å². The zero-order valence-corrected chi connectivity index (χ0v) is 14.2. The van der Waals surface area contributed by atoms with Gasteiger partial charge in [0.05, 0.1) is 24.3 Å². The number of benzene rings is 1. The molecule has 0 atom stereocenters. The fourth-order valence-corrected chi connectivity index (χ4v) is 2.23. The van der Waals surface area contributed by atoms with Gasteiger partial charge in [-0.1, -0.05) is 12.1 Å². The molecule has 0 unspecified atom stereocenters. The molecule has 7 nitrogen and oxygen atoms in total. The van der Waals surface area contributed by atoms with Crippen molar-refractivity contribution in [1.82, 2.24) is 10.6 Å². The molecule has 0 aliphatic heterocycles. The smallest absolute Gasteiger partial charge is 0.269 e. The van der Waals surface area contributed by atoms with E-state index < -0.39 is 4.92 Å².